The van der Waals surface area contributed by atoms with Gasteiger partial charge in [-0.1, -0.05) is 12.1 Å². The van der Waals surface area contributed by atoms with Crippen molar-refractivity contribution in [2.75, 3.05) is 26.8 Å². The van der Waals surface area contributed by atoms with Crippen LogP contribution in [-0.2, 0) is 11.3 Å². The molecule has 0 saturated carbocycles. The predicted octanol–water partition coefficient (Wildman–Crippen LogP) is 2.03. The van der Waals surface area contributed by atoms with Gasteiger partial charge in [0.25, 0.3) is 0 Å². The summed E-state index contributed by atoms with van der Waals surface area (Å²) in [5, 5.41) is 0. The third kappa shape index (κ3) is 2.54. The summed E-state index contributed by atoms with van der Waals surface area (Å²) >= 11 is 0. The number of ether oxygens (including phenoxy) is 1. The Hall–Kier alpha value is -1.39. The highest BCUT2D eigenvalue weighted by Crippen LogP contribution is 2.15. The highest BCUT2D eigenvalue weighted by atomic mass is 16.5. The van der Waals surface area contributed by atoms with Crippen molar-refractivity contribution in [2.24, 2.45) is 5.92 Å². The highest BCUT2D eigenvalue weighted by molar-refractivity contribution is 5.74. The van der Waals surface area contributed by atoms with Gasteiger partial charge >= 0.3 is 0 Å². The van der Waals surface area contributed by atoms with Crippen LogP contribution in [0.1, 0.15) is 12.2 Å². The smallest absolute Gasteiger partial charge is 0.121 e. The minimum Gasteiger partial charge on any atom is -0.381 e. The molecule has 96 valence electrons. The molecule has 1 aliphatic heterocycles. The van der Waals surface area contributed by atoms with Gasteiger partial charge < -0.3 is 9.72 Å². The molecule has 4 nitrogen and oxygen atoms in total. The van der Waals surface area contributed by atoms with E-state index >= 15 is 0 Å². The number of para-hydroxylation sites is 2. The molecule has 0 amide bonds. The lowest BCUT2D eigenvalue weighted by Gasteiger charge is -2.18. The minimum atomic E-state index is 0.680. The van der Waals surface area contributed by atoms with Crippen LogP contribution in [-0.4, -0.2) is 41.7 Å². The topological polar surface area (TPSA) is 41.2 Å². The van der Waals surface area contributed by atoms with Crippen molar-refractivity contribution >= 4 is 11.0 Å². The van der Waals surface area contributed by atoms with Gasteiger partial charge in [-0.2, -0.15) is 0 Å². The van der Waals surface area contributed by atoms with Gasteiger partial charge in [-0.25, -0.2) is 4.98 Å². The molecule has 1 unspecified atom stereocenters. The summed E-state index contributed by atoms with van der Waals surface area (Å²) in [5.74, 6) is 1.72. The summed E-state index contributed by atoms with van der Waals surface area (Å²) in [4.78, 5) is 10.3. The van der Waals surface area contributed by atoms with E-state index in [0.29, 0.717) is 5.92 Å². The molecule has 1 atom stereocenters. The molecule has 1 fully saturated rings. The molecule has 1 N–H and O–H groups in total. The number of rotatable bonds is 4. The fraction of sp³-hybridized carbons (Fsp3) is 0.500. The van der Waals surface area contributed by atoms with Crippen molar-refractivity contribution in [3.63, 3.8) is 0 Å². The summed E-state index contributed by atoms with van der Waals surface area (Å²) in [6.45, 7) is 3.77. The number of nitrogens with zero attached hydrogens (tertiary/aromatic N) is 2. The van der Waals surface area contributed by atoms with Gasteiger partial charge in [0, 0.05) is 13.2 Å². The Balaban J connectivity index is 1.64. The summed E-state index contributed by atoms with van der Waals surface area (Å²) in [6, 6.07) is 8.16. The van der Waals surface area contributed by atoms with E-state index in [1.54, 1.807) is 0 Å². The van der Waals surface area contributed by atoms with E-state index in [4.69, 9.17) is 4.74 Å². The first-order chi connectivity index (χ1) is 8.81. The zero-order valence-electron chi connectivity index (χ0n) is 10.7. The molecule has 1 aromatic carbocycles. The molecule has 4 heteroatoms. The lowest BCUT2D eigenvalue weighted by molar-refractivity contribution is 0.172. The Bertz CT molecular complexity index is 483. The number of aromatic amines is 1. The molecule has 0 bridgehead atoms. The number of aromatic nitrogens is 2. The molecule has 3 rings (SSSR count). The van der Waals surface area contributed by atoms with Crippen LogP contribution < -0.4 is 0 Å². The summed E-state index contributed by atoms with van der Waals surface area (Å²) in [6.07, 6.45) is 1.18. The molecular weight excluding hydrogens is 226 g/mol. The second-order valence-electron chi connectivity index (χ2n) is 5.13. The summed E-state index contributed by atoms with van der Waals surface area (Å²) in [7, 11) is 2.14. The quantitative estimate of drug-likeness (QED) is 0.896. The van der Waals surface area contributed by atoms with Gasteiger partial charge in [0.15, 0.2) is 0 Å². The van der Waals surface area contributed by atoms with Crippen molar-refractivity contribution < 1.29 is 4.74 Å². The predicted molar refractivity (Wildman–Crippen MR) is 71.4 cm³/mol. The largest absolute Gasteiger partial charge is 0.381 e. The molecule has 2 heterocycles. The van der Waals surface area contributed by atoms with Gasteiger partial charge in [0.05, 0.1) is 24.2 Å². The monoisotopic (exact) mass is 245 g/mol. The first-order valence-electron chi connectivity index (χ1n) is 6.51. The SMILES string of the molecule is CN(Cc1nc2ccccc2[nH]1)CC1CCOC1. The number of benzene rings is 1. The average molecular weight is 245 g/mol. The normalized spacial score (nSPS) is 20.0. The van der Waals surface area contributed by atoms with E-state index in [9.17, 15) is 0 Å². The Morgan fingerprint density at radius 3 is 3.11 bits per heavy atom. The number of imidazole rings is 1. The van der Waals surface area contributed by atoms with Crippen molar-refractivity contribution in [2.45, 2.75) is 13.0 Å². The molecule has 1 aromatic heterocycles. The van der Waals surface area contributed by atoms with Gasteiger partial charge in [0.2, 0.25) is 0 Å². The fourth-order valence-corrected chi connectivity index (χ4v) is 2.57. The van der Waals surface area contributed by atoms with E-state index < -0.39 is 0 Å². The lowest BCUT2D eigenvalue weighted by Crippen LogP contribution is -2.26. The number of H-pyrrole nitrogens is 1. The third-order valence-electron chi connectivity index (χ3n) is 3.45. The van der Waals surface area contributed by atoms with Gasteiger partial charge in [-0.15, -0.1) is 0 Å². The van der Waals surface area contributed by atoms with Crippen LogP contribution in [0.25, 0.3) is 11.0 Å². The molecular formula is C14H19N3O. The molecule has 0 radical (unpaired) electrons. The number of fused-ring (bicyclic) bond motifs is 1. The zero-order chi connectivity index (χ0) is 12.4. The van der Waals surface area contributed by atoms with Crippen LogP contribution in [0, 0.1) is 5.92 Å². The molecule has 18 heavy (non-hydrogen) atoms. The standard InChI is InChI=1S/C14H19N3O/c1-17(8-11-6-7-18-10-11)9-14-15-12-4-2-3-5-13(12)16-14/h2-5,11H,6-10H2,1H3,(H,15,16). The number of hydrogen-bond donors (Lipinski definition) is 1. The van der Waals surface area contributed by atoms with E-state index in [-0.39, 0.29) is 0 Å². The van der Waals surface area contributed by atoms with Gasteiger partial charge in [-0.05, 0) is 31.5 Å². The van der Waals surface area contributed by atoms with Crippen molar-refractivity contribution in [1.29, 1.82) is 0 Å². The maximum absolute atomic E-state index is 5.41. The maximum atomic E-state index is 5.41. The number of hydrogen-bond acceptors (Lipinski definition) is 3. The Morgan fingerprint density at radius 1 is 1.44 bits per heavy atom. The molecule has 0 aliphatic carbocycles. The van der Waals surface area contributed by atoms with Crippen LogP contribution in [0.2, 0.25) is 0 Å². The zero-order valence-corrected chi connectivity index (χ0v) is 10.7. The Morgan fingerprint density at radius 2 is 2.33 bits per heavy atom. The van der Waals surface area contributed by atoms with Crippen molar-refractivity contribution in [3.8, 4) is 0 Å². The average Bonchev–Trinajstić information content (AvgIpc) is 2.96. The molecule has 2 aromatic rings. The fourth-order valence-electron chi connectivity index (χ4n) is 2.57. The summed E-state index contributed by atoms with van der Waals surface area (Å²) in [5.41, 5.74) is 2.16. The van der Waals surface area contributed by atoms with Crippen molar-refractivity contribution in [1.82, 2.24) is 14.9 Å². The first-order valence-corrected chi connectivity index (χ1v) is 6.51. The molecule has 0 spiro atoms. The van der Waals surface area contributed by atoms with Crippen LogP contribution in [0.15, 0.2) is 24.3 Å². The molecule has 1 aliphatic rings. The number of nitrogens with one attached hydrogen (secondary N) is 1. The van der Waals surface area contributed by atoms with Gasteiger partial charge in [0.1, 0.15) is 5.82 Å². The van der Waals surface area contributed by atoms with Gasteiger partial charge in [-0.3, -0.25) is 4.90 Å². The second kappa shape index (κ2) is 5.08. The third-order valence-corrected chi connectivity index (χ3v) is 3.45. The second-order valence-corrected chi connectivity index (χ2v) is 5.13. The minimum absolute atomic E-state index is 0.680. The van der Waals surface area contributed by atoms with Crippen LogP contribution in [0.4, 0.5) is 0 Å². The van der Waals surface area contributed by atoms with E-state index in [1.807, 2.05) is 18.2 Å². The van der Waals surface area contributed by atoms with Crippen LogP contribution >= 0.6 is 0 Å². The Labute approximate surface area is 107 Å². The van der Waals surface area contributed by atoms with E-state index in [0.717, 1.165) is 43.2 Å². The first kappa shape index (κ1) is 11.7. The highest BCUT2D eigenvalue weighted by Gasteiger charge is 2.17. The Kier molecular flexibility index (Phi) is 3.30. The molecule has 1 saturated heterocycles. The van der Waals surface area contributed by atoms with E-state index in [2.05, 4.69) is 28.0 Å². The maximum Gasteiger partial charge on any atom is 0.121 e. The van der Waals surface area contributed by atoms with E-state index in [1.165, 1.54) is 6.42 Å². The van der Waals surface area contributed by atoms with Crippen molar-refractivity contribution in [3.05, 3.63) is 30.1 Å². The summed E-state index contributed by atoms with van der Waals surface area (Å²) < 4.78 is 5.41. The van der Waals surface area contributed by atoms with Crippen LogP contribution in [0.5, 0.6) is 0 Å². The lowest BCUT2D eigenvalue weighted by atomic mass is 10.1. The van der Waals surface area contributed by atoms with Crippen LogP contribution in [0.3, 0.4) is 0 Å².